The number of nitrogen functional groups attached to an aromatic ring is 1. The molecule has 0 saturated heterocycles. The molecule has 21 heavy (non-hydrogen) atoms. The molecule has 7 nitrogen and oxygen atoms in total. The molecule has 1 aromatic heterocycles. The normalized spacial score (nSPS) is 10.3. The number of nitrogens with two attached hydrogens (primary N) is 1. The number of benzene rings is 1. The largest absolute Gasteiger partial charge is 0.379 e. The Morgan fingerprint density at radius 1 is 1.33 bits per heavy atom. The lowest BCUT2D eigenvalue weighted by Crippen LogP contribution is -2.30. The van der Waals surface area contributed by atoms with Gasteiger partial charge in [0.2, 0.25) is 11.5 Å². The van der Waals surface area contributed by atoms with E-state index in [1.807, 2.05) is 18.2 Å². The summed E-state index contributed by atoms with van der Waals surface area (Å²) >= 11 is 0. The molecular weight excluding hydrogens is 270 g/mol. The summed E-state index contributed by atoms with van der Waals surface area (Å²) in [4.78, 5) is 14.0. The number of carbonyl (C=O) groups excluding carboxylic acids is 1. The summed E-state index contributed by atoms with van der Waals surface area (Å²) in [5.41, 5.74) is 6.66. The Bertz CT molecular complexity index is 570. The first-order chi connectivity index (χ1) is 10.2. The quantitative estimate of drug-likeness (QED) is 0.746. The molecule has 1 aromatic carbocycles. The molecule has 2 rings (SSSR count). The Labute approximate surface area is 123 Å². The average Bonchev–Trinajstić information content (AvgIpc) is 2.94. The van der Waals surface area contributed by atoms with E-state index in [1.54, 1.807) is 0 Å². The van der Waals surface area contributed by atoms with Crippen molar-refractivity contribution in [2.75, 3.05) is 30.3 Å². The number of aromatic nitrogens is 2. The van der Waals surface area contributed by atoms with E-state index < -0.39 is 0 Å². The highest BCUT2D eigenvalue weighted by Crippen LogP contribution is 2.12. The Balaban J connectivity index is 1.76. The van der Waals surface area contributed by atoms with Crippen LogP contribution in [0.15, 0.2) is 35.0 Å². The molecule has 3 N–H and O–H groups in total. The highest BCUT2D eigenvalue weighted by Gasteiger charge is 2.15. The number of anilines is 2. The topological polar surface area (TPSA) is 97.3 Å². The van der Waals surface area contributed by atoms with E-state index in [9.17, 15) is 4.79 Å². The van der Waals surface area contributed by atoms with E-state index in [1.165, 1.54) is 5.69 Å². The van der Waals surface area contributed by atoms with Crippen LogP contribution in [0.2, 0.25) is 0 Å². The second-order valence-electron chi connectivity index (χ2n) is 4.52. The predicted octanol–water partition coefficient (Wildman–Crippen LogP) is 1.30. The van der Waals surface area contributed by atoms with Crippen LogP contribution in [0.3, 0.4) is 0 Å². The van der Waals surface area contributed by atoms with Crippen molar-refractivity contribution >= 4 is 17.4 Å². The number of nitrogens with zero attached hydrogens (tertiary/aromatic N) is 3. The van der Waals surface area contributed by atoms with Gasteiger partial charge >= 0.3 is 0 Å². The monoisotopic (exact) mass is 289 g/mol. The summed E-state index contributed by atoms with van der Waals surface area (Å²) in [5.74, 6) is -0.358. The Morgan fingerprint density at radius 2 is 2.10 bits per heavy atom. The first kappa shape index (κ1) is 14.8. The lowest BCUT2D eigenvalue weighted by molar-refractivity contribution is 0.0944. The first-order valence-electron chi connectivity index (χ1n) is 6.88. The Hall–Kier alpha value is -2.57. The number of hydrogen-bond acceptors (Lipinski definition) is 6. The van der Waals surface area contributed by atoms with Gasteiger partial charge in [-0.3, -0.25) is 4.79 Å². The second-order valence-corrected chi connectivity index (χ2v) is 4.52. The molecule has 0 atom stereocenters. The number of amides is 1. The summed E-state index contributed by atoms with van der Waals surface area (Å²) in [5, 5.41) is 9.58. The van der Waals surface area contributed by atoms with Crippen LogP contribution in [-0.2, 0) is 0 Å². The van der Waals surface area contributed by atoms with Crippen LogP contribution in [0.1, 0.15) is 23.8 Å². The predicted molar refractivity (Wildman–Crippen MR) is 80.0 cm³/mol. The van der Waals surface area contributed by atoms with E-state index in [-0.39, 0.29) is 17.4 Å². The fourth-order valence-electron chi connectivity index (χ4n) is 2.02. The van der Waals surface area contributed by atoms with Gasteiger partial charge in [0.15, 0.2) is 0 Å². The summed E-state index contributed by atoms with van der Waals surface area (Å²) < 4.78 is 4.39. The minimum Gasteiger partial charge on any atom is -0.379 e. The van der Waals surface area contributed by atoms with Gasteiger partial charge in [-0.05, 0) is 35.8 Å². The van der Waals surface area contributed by atoms with E-state index in [0.29, 0.717) is 6.54 Å². The van der Waals surface area contributed by atoms with Gasteiger partial charge in [0.1, 0.15) is 0 Å². The molecule has 0 bridgehead atoms. The van der Waals surface area contributed by atoms with E-state index >= 15 is 0 Å². The fraction of sp³-hybridized carbons (Fsp3) is 0.357. The van der Waals surface area contributed by atoms with Gasteiger partial charge in [0.05, 0.1) is 0 Å². The van der Waals surface area contributed by atoms with Crippen LogP contribution in [0.25, 0.3) is 0 Å². The smallest absolute Gasteiger partial charge is 0.277 e. The van der Waals surface area contributed by atoms with Crippen molar-refractivity contribution in [2.45, 2.75) is 13.3 Å². The lowest BCUT2D eigenvalue weighted by atomic mass is 10.2. The molecule has 0 aliphatic carbocycles. The third kappa shape index (κ3) is 3.95. The molecule has 7 heteroatoms. The Kier molecular flexibility index (Phi) is 5.14. The van der Waals surface area contributed by atoms with Crippen molar-refractivity contribution in [2.24, 2.45) is 0 Å². The maximum Gasteiger partial charge on any atom is 0.277 e. The van der Waals surface area contributed by atoms with Gasteiger partial charge in [-0.2, -0.15) is 0 Å². The van der Waals surface area contributed by atoms with E-state index in [2.05, 4.69) is 44.2 Å². The standard InChI is InChI=1S/C14H19N5O2/c1-2-19(11-7-4-3-5-8-11)10-6-9-16-14(20)12-13(15)18-21-17-12/h3-5,7-8H,2,6,9-10H2,1H3,(H2,15,18)(H,16,20). The summed E-state index contributed by atoms with van der Waals surface area (Å²) in [7, 11) is 0. The van der Waals surface area contributed by atoms with Crippen LogP contribution in [0.4, 0.5) is 11.5 Å². The third-order valence-electron chi connectivity index (χ3n) is 3.12. The molecule has 1 heterocycles. The van der Waals surface area contributed by atoms with Gasteiger partial charge in [0.25, 0.3) is 5.91 Å². The summed E-state index contributed by atoms with van der Waals surface area (Å²) in [6, 6.07) is 10.2. The number of nitrogens with one attached hydrogen (secondary N) is 1. The van der Waals surface area contributed by atoms with Crippen molar-refractivity contribution < 1.29 is 9.42 Å². The SMILES string of the molecule is CCN(CCCNC(=O)c1nonc1N)c1ccccc1. The molecule has 0 saturated carbocycles. The molecule has 112 valence electrons. The average molecular weight is 289 g/mol. The molecule has 0 radical (unpaired) electrons. The van der Waals surface area contributed by atoms with Gasteiger partial charge in [-0.15, -0.1) is 0 Å². The van der Waals surface area contributed by atoms with Crippen molar-refractivity contribution in [1.29, 1.82) is 0 Å². The first-order valence-corrected chi connectivity index (χ1v) is 6.88. The van der Waals surface area contributed by atoms with Gasteiger partial charge < -0.3 is 16.0 Å². The zero-order chi connectivity index (χ0) is 15.1. The fourth-order valence-corrected chi connectivity index (χ4v) is 2.02. The maximum atomic E-state index is 11.7. The number of hydrogen-bond donors (Lipinski definition) is 2. The molecule has 0 unspecified atom stereocenters. The number of para-hydroxylation sites is 1. The maximum absolute atomic E-state index is 11.7. The molecule has 0 spiro atoms. The van der Waals surface area contributed by atoms with Gasteiger partial charge in [0, 0.05) is 25.3 Å². The van der Waals surface area contributed by atoms with Crippen molar-refractivity contribution in [3.8, 4) is 0 Å². The van der Waals surface area contributed by atoms with Crippen LogP contribution < -0.4 is 16.0 Å². The molecular formula is C14H19N5O2. The molecule has 1 amide bonds. The molecule has 0 fully saturated rings. The zero-order valence-corrected chi connectivity index (χ0v) is 12.0. The van der Waals surface area contributed by atoms with Gasteiger partial charge in [-0.1, -0.05) is 18.2 Å². The zero-order valence-electron chi connectivity index (χ0n) is 12.0. The molecule has 0 aliphatic heterocycles. The Morgan fingerprint density at radius 3 is 2.71 bits per heavy atom. The van der Waals surface area contributed by atoms with Crippen LogP contribution in [0.5, 0.6) is 0 Å². The molecule has 2 aromatic rings. The minimum atomic E-state index is -0.364. The summed E-state index contributed by atoms with van der Waals surface area (Å²) in [6.07, 6.45) is 0.819. The molecule has 0 aliphatic rings. The van der Waals surface area contributed by atoms with E-state index in [0.717, 1.165) is 19.5 Å². The summed E-state index contributed by atoms with van der Waals surface area (Å²) in [6.45, 7) is 4.41. The van der Waals surface area contributed by atoms with Crippen LogP contribution in [0, 0.1) is 0 Å². The number of carbonyl (C=O) groups is 1. The third-order valence-corrected chi connectivity index (χ3v) is 3.12. The lowest BCUT2D eigenvalue weighted by Gasteiger charge is -2.23. The highest BCUT2D eigenvalue weighted by atomic mass is 16.6. The van der Waals surface area contributed by atoms with Crippen LogP contribution in [-0.4, -0.2) is 35.9 Å². The van der Waals surface area contributed by atoms with Crippen LogP contribution >= 0.6 is 0 Å². The number of rotatable bonds is 7. The van der Waals surface area contributed by atoms with Gasteiger partial charge in [-0.25, -0.2) is 4.63 Å². The highest BCUT2D eigenvalue weighted by molar-refractivity contribution is 5.95. The van der Waals surface area contributed by atoms with Crippen molar-refractivity contribution in [1.82, 2.24) is 15.6 Å². The second kappa shape index (κ2) is 7.28. The van der Waals surface area contributed by atoms with Crippen molar-refractivity contribution in [3.05, 3.63) is 36.0 Å². The minimum absolute atomic E-state index is 0.00645. The van der Waals surface area contributed by atoms with E-state index in [4.69, 9.17) is 5.73 Å². The van der Waals surface area contributed by atoms with Crippen molar-refractivity contribution in [3.63, 3.8) is 0 Å².